The highest BCUT2D eigenvalue weighted by molar-refractivity contribution is 7.92. The van der Waals surface area contributed by atoms with Gasteiger partial charge in [0.1, 0.15) is 17.6 Å². The summed E-state index contributed by atoms with van der Waals surface area (Å²) < 4.78 is 44.7. The SMILES string of the molecule is COc1ccccc1[C@@H](C)NC(=O)[C@H](C)N(c1ccccc1F)S(C)(=O)=O. The lowest BCUT2D eigenvalue weighted by Crippen LogP contribution is -2.48. The normalized spacial score (nSPS) is 13.5. The molecule has 0 aliphatic heterocycles. The van der Waals surface area contributed by atoms with Crippen LogP contribution in [0.25, 0.3) is 0 Å². The summed E-state index contributed by atoms with van der Waals surface area (Å²) in [4.78, 5) is 12.7. The summed E-state index contributed by atoms with van der Waals surface area (Å²) in [5.74, 6) is -0.672. The molecule has 0 fully saturated rings. The van der Waals surface area contributed by atoms with Gasteiger partial charge in [-0.15, -0.1) is 0 Å². The zero-order valence-corrected chi connectivity index (χ0v) is 16.5. The van der Waals surface area contributed by atoms with Crippen LogP contribution in [0.1, 0.15) is 25.5 Å². The highest BCUT2D eigenvalue weighted by Gasteiger charge is 2.31. The Morgan fingerprint density at radius 3 is 2.30 bits per heavy atom. The molecule has 0 unspecified atom stereocenters. The molecule has 0 saturated heterocycles. The molecule has 0 heterocycles. The predicted octanol–water partition coefficient (Wildman–Crippen LogP) is 2.87. The molecule has 2 aromatic rings. The van der Waals surface area contributed by atoms with E-state index in [2.05, 4.69) is 5.32 Å². The summed E-state index contributed by atoms with van der Waals surface area (Å²) in [7, 11) is -2.36. The Hall–Kier alpha value is -2.61. The van der Waals surface area contributed by atoms with Crippen molar-refractivity contribution in [3.63, 3.8) is 0 Å². The number of benzene rings is 2. The van der Waals surface area contributed by atoms with E-state index in [1.165, 1.54) is 32.2 Å². The lowest BCUT2D eigenvalue weighted by molar-refractivity contribution is -0.122. The number of nitrogens with one attached hydrogen (secondary N) is 1. The number of ether oxygens (including phenoxy) is 1. The lowest BCUT2D eigenvalue weighted by Gasteiger charge is -2.29. The molecule has 0 aliphatic rings. The van der Waals surface area contributed by atoms with E-state index in [1.807, 2.05) is 12.1 Å². The number of sulfonamides is 1. The Bertz CT molecular complexity index is 917. The van der Waals surface area contributed by atoms with E-state index in [0.29, 0.717) is 5.75 Å². The van der Waals surface area contributed by atoms with E-state index in [0.717, 1.165) is 22.2 Å². The highest BCUT2D eigenvalue weighted by Crippen LogP contribution is 2.26. The lowest BCUT2D eigenvalue weighted by atomic mass is 10.1. The van der Waals surface area contributed by atoms with Crippen LogP contribution in [0.4, 0.5) is 10.1 Å². The first-order valence-corrected chi connectivity index (χ1v) is 10.2. The smallest absolute Gasteiger partial charge is 0.244 e. The molecule has 0 radical (unpaired) electrons. The minimum absolute atomic E-state index is 0.174. The number of hydrogen-bond donors (Lipinski definition) is 1. The second-order valence-corrected chi connectivity index (χ2v) is 8.02. The number of anilines is 1. The maximum Gasteiger partial charge on any atom is 0.244 e. The third-order valence-corrected chi connectivity index (χ3v) is 5.37. The van der Waals surface area contributed by atoms with Crippen LogP contribution in [-0.4, -0.2) is 33.7 Å². The van der Waals surface area contributed by atoms with Gasteiger partial charge in [-0.25, -0.2) is 12.8 Å². The molecular weight excluding hydrogens is 371 g/mol. The fraction of sp³-hybridized carbons (Fsp3) is 0.316. The molecule has 6 nitrogen and oxygen atoms in total. The standard InChI is InChI=1S/C19H23FN2O4S/c1-13(15-9-5-8-12-18(15)26-3)21-19(23)14(2)22(27(4,24)25)17-11-7-6-10-16(17)20/h5-14H,1-4H3,(H,21,23)/t13-,14+/m1/s1. The van der Waals surface area contributed by atoms with Crippen molar-refractivity contribution < 1.29 is 22.3 Å². The summed E-state index contributed by atoms with van der Waals surface area (Å²) in [6.45, 7) is 3.17. The van der Waals surface area contributed by atoms with Gasteiger partial charge >= 0.3 is 0 Å². The fourth-order valence-corrected chi connectivity index (χ4v) is 4.02. The van der Waals surface area contributed by atoms with Crippen LogP contribution in [0.5, 0.6) is 5.75 Å². The fourth-order valence-electron chi connectivity index (χ4n) is 2.85. The first kappa shape index (κ1) is 20.7. The van der Waals surface area contributed by atoms with Crippen molar-refractivity contribution in [1.29, 1.82) is 0 Å². The number of hydrogen-bond acceptors (Lipinski definition) is 4. The average molecular weight is 394 g/mol. The minimum Gasteiger partial charge on any atom is -0.496 e. The van der Waals surface area contributed by atoms with Crippen LogP contribution >= 0.6 is 0 Å². The van der Waals surface area contributed by atoms with E-state index in [1.54, 1.807) is 19.1 Å². The molecule has 0 aromatic heterocycles. The van der Waals surface area contributed by atoms with Gasteiger partial charge in [0.2, 0.25) is 15.9 Å². The molecule has 0 aliphatic carbocycles. The van der Waals surface area contributed by atoms with Gasteiger partial charge in [0, 0.05) is 5.56 Å². The molecule has 1 amide bonds. The minimum atomic E-state index is -3.89. The summed E-state index contributed by atoms with van der Waals surface area (Å²) in [6, 6.07) is 11.1. The molecule has 0 bridgehead atoms. The first-order chi connectivity index (χ1) is 12.7. The number of methoxy groups -OCH3 is 1. The zero-order chi connectivity index (χ0) is 20.2. The van der Waals surface area contributed by atoms with Crippen LogP contribution in [0.2, 0.25) is 0 Å². The third kappa shape index (κ3) is 4.77. The van der Waals surface area contributed by atoms with Crippen molar-refractivity contribution in [2.45, 2.75) is 25.9 Å². The van der Waals surface area contributed by atoms with Crippen LogP contribution in [0, 0.1) is 5.82 Å². The van der Waals surface area contributed by atoms with Crippen molar-refractivity contribution in [2.75, 3.05) is 17.7 Å². The molecule has 0 saturated carbocycles. The second-order valence-electron chi connectivity index (χ2n) is 6.16. The Balaban J connectivity index is 2.29. The van der Waals surface area contributed by atoms with E-state index >= 15 is 0 Å². The van der Waals surface area contributed by atoms with Crippen LogP contribution in [0.15, 0.2) is 48.5 Å². The Morgan fingerprint density at radius 1 is 1.11 bits per heavy atom. The maximum absolute atomic E-state index is 14.2. The van der Waals surface area contributed by atoms with Crippen LogP contribution in [0.3, 0.4) is 0 Å². The van der Waals surface area contributed by atoms with Gasteiger partial charge in [0.15, 0.2) is 0 Å². The molecule has 1 N–H and O–H groups in total. The number of amides is 1. The van der Waals surface area contributed by atoms with Gasteiger partial charge in [0.05, 0.1) is 25.1 Å². The molecule has 2 rings (SSSR count). The van der Waals surface area contributed by atoms with Gasteiger partial charge < -0.3 is 10.1 Å². The van der Waals surface area contributed by atoms with Crippen molar-refractivity contribution in [2.24, 2.45) is 0 Å². The molecule has 27 heavy (non-hydrogen) atoms. The number of halogens is 1. The van der Waals surface area contributed by atoms with E-state index < -0.39 is 33.8 Å². The van der Waals surface area contributed by atoms with Crippen LogP contribution in [-0.2, 0) is 14.8 Å². The van der Waals surface area contributed by atoms with Crippen molar-refractivity contribution in [3.05, 3.63) is 59.9 Å². The predicted molar refractivity (Wildman–Crippen MR) is 103 cm³/mol. The third-order valence-electron chi connectivity index (χ3n) is 4.14. The van der Waals surface area contributed by atoms with Gasteiger partial charge in [-0.05, 0) is 32.0 Å². The molecule has 0 spiro atoms. The van der Waals surface area contributed by atoms with Crippen molar-refractivity contribution in [3.8, 4) is 5.75 Å². The Kier molecular flexibility index (Phi) is 6.43. The number of rotatable bonds is 7. The maximum atomic E-state index is 14.2. The zero-order valence-electron chi connectivity index (χ0n) is 15.6. The largest absolute Gasteiger partial charge is 0.496 e. The molecular formula is C19H23FN2O4S. The van der Waals surface area contributed by atoms with Gasteiger partial charge in [-0.3, -0.25) is 9.10 Å². The van der Waals surface area contributed by atoms with Gasteiger partial charge in [-0.1, -0.05) is 30.3 Å². The van der Waals surface area contributed by atoms with Crippen LogP contribution < -0.4 is 14.4 Å². The van der Waals surface area contributed by atoms with Gasteiger partial charge in [-0.2, -0.15) is 0 Å². The monoisotopic (exact) mass is 394 g/mol. The Morgan fingerprint density at radius 2 is 1.70 bits per heavy atom. The molecule has 8 heteroatoms. The Labute approximate surface area is 159 Å². The highest BCUT2D eigenvalue weighted by atomic mass is 32.2. The molecule has 146 valence electrons. The molecule has 2 atom stereocenters. The van der Waals surface area contributed by atoms with Crippen molar-refractivity contribution >= 4 is 21.6 Å². The summed E-state index contributed by atoms with van der Waals surface area (Å²) in [6.07, 6.45) is 0.937. The number of carbonyl (C=O) groups is 1. The number of para-hydroxylation sites is 2. The van der Waals surface area contributed by atoms with Gasteiger partial charge in [0.25, 0.3) is 0 Å². The number of nitrogens with zero attached hydrogens (tertiary/aromatic N) is 1. The number of carbonyl (C=O) groups excluding carboxylic acids is 1. The average Bonchev–Trinajstić information content (AvgIpc) is 2.62. The van der Waals surface area contributed by atoms with Crippen molar-refractivity contribution in [1.82, 2.24) is 5.32 Å². The summed E-state index contributed by atoms with van der Waals surface area (Å²) >= 11 is 0. The summed E-state index contributed by atoms with van der Waals surface area (Å²) in [5, 5.41) is 2.76. The second kappa shape index (κ2) is 8.39. The van der Waals surface area contributed by atoms with E-state index in [9.17, 15) is 17.6 Å². The summed E-state index contributed by atoms with van der Waals surface area (Å²) in [5.41, 5.74) is 0.574. The van der Waals surface area contributed by atoms with E-state index in [4.69, 9.17) is 4.74 Å². The quantitative estimate of drug-likeness (QED) is 0.784. The molecule has 2 aromatic carbocycles. The topological polar surface area (TPSA) is 75.7 Å². The first-order valence-electron chi connectivity index (χ1n) is 8.34. The van der Waals surface area contributed by atoms with E-state index in [-0.39, 0.29) is 5.69 Å².